The minimum atomic E-state index is 0.522. The van der Waals surface area contributed by atoms with E-state index >= 15 is 0 Å². The van der Waals surface area contributed by atoms with Crippen molar-refractivity contribution in [3.05, 3.63) is 76.8 Å². The van der Waals surface area contributed by atoms with Crippen LogP contribution in [0, 0.1) is 13.8 Å². The number of halogens is 1. The van der Waals surface area contributed by atoms with Gasteiger partial charge in [0.05, 0.1) is 10.2 Å². The molecule has 0 atom stereocenters. The highest BCUT2D eigenvalue weighted by atomic mass is 35.5. The van der Waals surface area contributed by atoms with Crippen molar-refractivity contribution in [2.45, 2.75) is 13.8 Å². The van der Waals surface area contributed by atoms with Crippen LogP contribution in [0.5, 0.6) is 0 Å². The lowest BCUT2D eigenvalue weighted by molar-refractivity contribution is 1.45. The molecule has 28 heavy (non-hydrogen) atoms. The van der Waals surface area contributed by atoms with Crippen LogP contribution in [0.1, 0.15) is 11.1 Å². The lowest BCUT2D eigenvalue weighted by Gasteiger charge is -2.13. The van der Waals surface area contributed by atoms with Crippen LogP contribution in [0.15, 0.2) is 60.7 Å². The number of anilines is 2. The van der Waals surface area contributed by atoms with Crippen LogP contribution >= 0.6 is 35.2 Å². The van der Waals surface area contributed by atoms with Gasteiger partial charge in [0.15, 0.2) is 5.11 Å². The normalized spacial score (nSPS) is 10.8. The van der Waals surface area contributed by atoms with E-state index in [1.54, 1.807) is 11.3 Å². The molecule has 0 aliphatic rings. The third-order valence-electron chi connectivity index (χ3n) is 4.38. The summed E-state index contributed by atoms with van der Waals surface area (Å²) in [5, 5.41) is 8.61. The van der Waals surface area contributed by atoms with Crippen LogP contribution in [-0.4, -0.2) is 10.1 Å². The molecule has 2 N–H and O–H groups in total. The minimum absolute atomic E-state index is 0.522. The van der Waals surface area contributed by atoms with Crippen LogP contribution in [0.3, 0.4) is 0 Å². The van der Waals surface area contributed by atoms with Gasteiger partial charge in [-0.05, 0) is 85.7 Å². The average Bonchev–Trinajstić information content (AvgIpc) is 3.08. The topological polar surface area (TPSA) is 37.0 Å². The van der Waals surface area contributed by atoms with Gasteiger partial charge < -0.3 is 10.6 Å². The molecule has 0 fully saturated rings. The maximum absolute atomic E-state index is 6.07. The van der Waals surface area contributed by atoms with Gasteiger partial charge in [-0.2, -0.15) is 0 Å². The van der Waals surface area contributed by atoms with Crippen LogP contribution in [0.25, 0.3) is 20.8 Å². The van der Waals surface area contributed by atoms with Crippen LogP contribution in [0.4, 0.5) is 11.4 Å². The quantitative estimate of drug-likeness (QED) is 0.346. The third kappa shape index (κ3) is 4.17. The van der Waals surface area contributed by atoms with Crippen molar-refractivity contribution < 1.29 is 0 Å². The van der Waals surface area contributed by atoms with Crippen LogP contribution in [-0.2, 0) is 0 Å². The van der Waals surface area contributed by atoms with Gasteiger partial charge in [-0.15, -0.1) is 11.3 Å². The Morgan fingerprint density at radius 1 is 0.964 bits per heavy atom. The molecule has 0 spiro atoms. The van der Waals surface area contributed by atoms with Crippen molar-refractivity contribution in [2.24, 2.45) is 0 Å². The van der Waals surface area contributed by atoms with E-state index in [1.165, 1.54) is 10.3 Å². The van der Waals surface area contributed by atoms with Crippen molar-refractivity contribution in [1.29, 1.82) is 0 Å². The average molecular weight is 424 g/mol. The molecule has 1 aromatic heterocycles. The van der Waals surface area contributed by atoms with Crippen molar-refractivity contribution in [3.8, 4) is 10.6 Å². The van der Waals surface area contributed by atoms with Gasteiger partial charge in [-0.3, -0.25) is 0 Å². The van der Waals surface area contributed by atoms with Crippen LogP contribution < -0.4 is 10.6 Å². The molecule has 3 nitrogen and oxygen atoms in total. The molecule has 0 aliphatic heterocycles. The number of hydrogen-bond acceptors (Lipinski definition) is 3. The Morgan fingerprint density at radius 3 is 2.54 bits per heavy atom. The van der Waals surface area contributed by atoms with Gasteiger partial charge in [-0.25, -0.2) is 4.98 Å². The number of fused-ring (bicyclic) bond motifs is 1. The summed E-state index contributed by atoms with van der Waals surface area (Å²) in [4.78, 5) is 4.74. The Balaban J connectivity index is 1.48. The van der Waals surface area contributed by atoms with Crippen molar-refractivity contribution >= 4 is 61.9 Å². The number of nitrogens with zero attached hydrogens (tertiary/aromatic N) is 1. The van der Waals surface area contributed by atoms with E-state index in [2.05, 4.69) is 47.9 Å². The molecule has 0 unspecified atom stereocenters. The molecule has 3 aromatic carbocycles. The lowest BCUT2D eigenvalue weighted by Crippen LogP contribution is -2.19. The second kappa shape index (κ2) is 7.87. The lowest BCUT2D eigenvalue weighted by atomic mass is 10.2. The highest BCUT2D eigenvalue weighted by molar-refractivity contribution is 7.80. The first-order valence-corrected chi connectivity index (χ1v) is 10.4. The number of hydrogen-bond donors (Lipinski definition) is 2. The Kier molecular flexibility index (Phi) is 5.31. The number of nitrogens with one attached hydrogen (secondary N) is 2. The largest absolute Gasteiger partial charge is 0.332 e. The van der Waals surface area contributed by atoms with Crippen molar-refractivity contribution in [2.75, 3.05) is 10.6 Å². The van der Waals surface area contributed by atoms with Gasteiger partial charge >= 0.3 is 0 Å². The zero-order valence-electron chi connectivity index (χ0n) is 15.4. The number of aryl methyl sites for hydroxylation is 2. The number of aromatic nitrogens is 1. The minimum Gasteiger partial charge on any atom is -0.332 e. The van der Waals surface area contributed by atoms with E-state index in [-0.39, 0.29) is 0 Å². The first kappa shape index (κ1) is 18.9. The van der Waals surface area contributed by atoms with Gasteiger partial charge in [-0.1, -0.05) is 23.7 Å². The molecular formula is C22H18ClN3S2. The van der Waals surface area contributed by atoms with E-state index < -0.39 is 0 Å². The molecule has 0 amide bonds. The monoisotopic (exact) mass is 423 g/mol. The molecule has 0 saturated heterocycles. The molecular weight excluding hydrogens is 406 g/mol. The van der Waals surface area contributed by atoms with Gasteiger partial charge in [0.25, 0.3) is 0 Å². The standard InChI is InChI=1S/C22H18ClN3S2/c1-13-3-10-18-20(11-13)28-21(25-18)15-5-8-17(9-6-15)24-22(27)26-19-12-16(23)7-4-14(19)2/h3-12H,1-2H3,(H2,24,26,27). The molecule has 6 heteroatoms. The summed E-state index contributed by atoms with van der Waals surface area (Å²) in [6.07, 6.45) is 0. The highest BCUT2D eigenvalue weighted by Gasteiger charge is 2.07. The van der Waals surface area contributed by atoms with Crippen LogP contribution in [0.2, 0.25) is 5.02 Å². The second-order valence-corrected chi connectivity index (χ2v) is 8.48. The van der Waals surface area contributed by atoms with E-state index in [9.17, 15) is 0 Å². The zero-order valence-corrected chi connectivity index (χ0v) is 17.8. The maximum Gasteiger partial charge on any atom is 0.175 e. The Morgan fingerprint density at radius 2 is 1.75 bits per heavy atom. The summed E-state index contributed by atoms with van der Waals surface area (Å²) in [6.45, 7) is 4.11. The SMILES string of the molecule is Cc1ccc2nc(-c3ccc(NC(=S)Nc4cc(Cl)ccc4C)cc3)sc2c1. The maximum atomic E-state index is 6.07. The summed E-state index contributed by atoms with van der Waals surface area (Å²) in [5.74, 6) is 0. The molecule has 0 radical (unpaired) electrons. The Hall–Kier alpha value is -2.47. The number of rotatable bonds is 3. The molecule has 1 heterocycles. The summed E-state index contributed by atoms with van der Waals surface area (Å²) in [5.41, 5.74) is 6.27. The fourth-order valence-corrected chi connectivity index (χ4v) is 4.33. The van der Waals surface area contributed by atoms with Gasteiger partial charge in [0.1, 0.15) is 5.01 Å². The summed E-state index contributed by atoms with van der Waals surface area (Å²) in [7, 11) is 0. The van der Waals surface area contributed by atoms with Gasteiger partial charge in [0, 0.05) is 22.0 Å². The van der Waals surface area contributed by atoms with Gasteiger partial charge in [0.2, 0.25) is 0 Å². The fourth-order valence-electron chi connectivity index (χ4n) is 2.86. The molecule has 4 rings (SSSR count). The third-order valence-corrected chi connectivity index (χ3v) is 5.89. The number of benzene rings is 3. The predicted molar refractivity (Wildman–Crippen MR) is 126 cm³/mol. The van der Waals surface area contributed by atoms with Crippen molar-refractivity contribution in [1.82, 2.24) is 4.98 Å². The smallest absolute Gasteiger partial charge is 0.175 e. The molecule has 4 aromatic rings. The Labute approximate surface area is 178 Å². The predicted octanol–water partition coefficient (Wildman–Crippen LogP) is 7.04. The first-order chi connectivity index (χ1) is 13.5. The van der Waals surface area contributed by atoms with E-state index in [0.717, 1.165) is 33.0 Å². The molecule has 0 bridgehead atoms. The highest BCUT2D eigenvalue weighted by Crippen LogP contribution is 2.31. The molecule has 140 valence electrons. The molecule has 0 aliphatic carbocycles. The first-order valence-electron chi connectivity index (χ1n) is 8.80. The molecule has 0 saturated carbocycles. The summed E-state index contributed by atoms with van der Waals surface area (Å²) >= 11 is 13.2. The number of thiazole rings is 1. The van der Waals surface area contributed by atoms with E-state index in [4.69, 9.17) is 28.8 Å². The Bertz CT molecular complexity index is 1170. The van der Waals surface area contributed by atoms with Crippen molar-refractivity contribution in [3.63, 3.8) is 0 Å². The van der Waals surface area contributed by atoms with E-state index in [0.29, 0.717) is 10.1 Å². The summed E-state index contributed by atoms with van der Waals surface area (Å²) < 4.78 is 1.21. The number of thiocarbonyl (C=S) groups is 1. The fraction of sp³-hybridized carbons (Fsp3) is 0.0909. The zero-order chi connectivity index (χ0) is 19.7. The summed E-state index contributed by atoms with van der Waals surface area (Å²) in [6, 6.07) is 20.1. The second-order valence-electron chi connectivity index (χ2n) is 6.61. The van der Waals surface area contributed by atoms with E-state index in [1.807, 2.05) is 37.3 Å².